The Morgan fingerprint density at radius 3 is 2.67 bits per heavy atom. The lowest BCUT2D eigenvalue weighted by Crippen LogP contribution is -2.09. The molecule has 1 aromatic carbocycles. The molecular formula is C17H16N2O2. The van der Waals surface area contributed by atoms with Crippen molar-refractivity contribution >= 4 is 11.6 Å². The Labute approximate surface area is 123 Å². The van der Waals surface area contributed by atoms with Crippen molar-refractivity contribution in [1.29, 1.82) is 0 Å². The molecule has 0 bridgehead atoms. The molecule has 2 aromatic heterocycles. The molecule has 0 unspecified atom stereocenters. The third-order valence-corrected chi connectivity index (χ3v) is 3.38. The number of imidazole rings is 1. The number of aryl methyl sites for hydroxylation is 1. The molecule has 0 saturated carbocycles. The van der Waals surface area contributed by atoms with Gasteiger partial charge in [0.25, 0.3) is 0 Å². The van der Waals surface area contributed by atoms with Gasteiger partial charge in [-0.25, -0.2) is 9.78 Å². The zero-order valence-corrected chi connectivity index (χ0v) is 12.0. The molecule has 4 nitrogen and oxygen atoms in total. The topological polar surface area (TPSA) is 43.6 Å². The average molecular weight is 280 g/mol. The second-order valence-electron chi connectivity index (χ2n) is 4.75. The third-order valence-electron chi connectivity index (χ3n) is 3.38. The normalized spacial score (nSPS) is 10.8. The molecular weight excluding hydrogens is 264 g/mol. The van der Waals surface area contributed by atoms with Gasteiger partial charge in [-0.3, -0.25) is 4.40 Å². The van der Waals surface area contributed by atoms with E-state index < -0.39 is 0 Å². The number of hydrogen-bond acceptors (Lipinski definition) is 3. The molecule has 0 aliphatic rings. The number of ether oxygens (including phenoxy) is 1. The van der Waals surface area contributed by atoms with Gasteiger partial charge in [0, 0.05) is 11.8 Å². The Morgan fingerprint density at radius 1 is 1.19 bits per heavy atom. The van der Waals surface area contributed by atoms with Gasteiger partial charge in [-0.15, -0.1) is 0 Å². The maximum absolute atomic E-state index is 12.1. The van der Waals surface area contributed by atoms with E-state index in [1.165, 1.54) is 0 Å². The van der Waals surface area contributed by atoms with E-state index in [0.717, 1.165) is 16.8 Å². The Balaban J connectivity index is 2.22. The zero-order chi connectivity index (χ0) is 14.8. The minimum atomic E-state index is -0.340. The van der Waals surface area contributed by atoms with Crippen molar-refractivity contribution in [2.75, 3.05) is 6.61 Å². The highest BCUT2D eigenvalue weighted by molar-refractivity contribution is 5.91. The molecule has 4 heteroatoms. The first kappa shape index (κ1) is 13.4. The second kappa shape index (κ2) is 5.40. The van der Waals surface area contributed by atoms with Crippen molar-refractivity contribution < 1.29 is 9.53 Å². The van der Waals surface area contributed by atoms with Crippen LogP contribution in [0.1, 0.15) is 23.1 Å². The Kier molecular flexibility index (Phi) is 3.44. The number of aromatic nitrogens is 2. The van der Waals surface area contributed by atoms with Crippen LogP contribution in [0.2, 0.25) is 0 Å². The highest BCUT2D eigenvalue weighted by Crippen LogP contribution is 2.25. The van der Waals surface area contributed by atoms with Gasteiger partial charge >= 0.3 is 5.97 Å². The largest absolute Gasteiger partial charge is 0.461 e. The van der Waals surface area contributed by atoms with Crippen LogP contribution in [0.5, 0.6) is 0 Å². The van der Waals surface area contributed by atoms with Gasteiger partial charge in [-0.2, -0.15) is 0 Å². The predicted octanol–water partition coefficient (Wildman–Crippen LogP) is 3.49. The maximum atomic E-state index is 12.1. The number of fused-ring (bicyclic) bond motifs is 1. The average Bonchev–Trinajstić information content (AvgIpc) is 2.84. The smallest absolute Gasteiger partial charge is 0.357 e. The molecule has 0 amide bonds. The monoisotopic (exact) mass is 280 g/mol. The van der Waals surface area contributed by atoms with Gasteiger partial charge in [-0.05, 0) is 31.5 Å². The predicted molar refractivity (Wildman–Crippen MR) is 81.3 cm³/mol. The number of rotatable bonds is 3. The molecule has 106 valence electrons. The third kappa shape index (κ3) is 2.29. The molecule has 3 rings (SSSR count). The van der Waals surface area contributed by atoms with E-state index in [4.69, 9.17) is 4.74 Å². The Hall–Kier alpha value is -2.62. The van der Waals surface area contributed by atoms with Crippen LogP contribution >= 0.6 is 0 Å². The maximum Gasteiger partial charge on any atom is 0.357 e. The molecule has 3 aromatic rings. The van der Waals surface area contributed by atoms with Gasteiger partial charge in [0.15, 0.2) is 5.69 Å². The van der Waals surface area contributed by atoms with Crippen LogP contribution in [0.4, 0.5) is 0 Å². The number of carbonyl (C=O) groups is 1. The first-order valence-electron chi connectivity index (χ1n) is 6.92. The molecule has 0 saturated heterocycles. The minimum Gasteiger partial charge on any atom is -0.461 e. The zero-order valence-electron chi connectivity index (χ0n) is 12.0. The fraction of sp³-hybridized carbons (Fsp3) is 0.176. The molecule has 0 spiro atoms. The number of hydrogen-bond donors (Lipinski definition) is 0. The van der Waals surface area contributed by atoms with Crippen LogP contribution in [0.25, 0.3) is 16.8 Å². The summed E-state index contributed by atoms with van der Waals surface area (Å²) in [5.41, 5.74) is 4.01. The quantitative estimate of drug-likeness (QED) is 0.690. The summed E-state index contributed by atoms with van der Waals surface area (Å²) in [5.74, 6) is -0.340. The van der Waals surface area contributed by atoms with Gasteiger partial charge in [0.05, 0.1) is 12.3 Å². The molecule has 0 radical (unpaired) electrons. The van der Waals surface area contributed by atoms with E-state index in [2.05, 4.69) is 4.98 Å². The Morgan fingerprint density at radius 2 is 1.95 bits per heavy atom. The van der Waals surface area contributed by atoms with E-state index in [9.17, 15) is 4.79 Å². The van der Waals surface area contributed by atoms with E-state index >= 15 is 0 Å². The van der Waals surface area contributed by atoms with Crippen molar-refractivity contribution in [3.8, 4) is 11.1 Å². The summed E-state index contributed by atoms with van der Waals surface area (Å²) in [6.45, 7) is 3.98. The summed E-state index contributed by atoms with van der Waals surface area (Å²) in [6.07, 6.45) is 1.84. The summed E-state index contributed by atoms with van der Waals surface area (Å²) in [7, 11) is 0. The number of nitrogens with zero attached hydrogens (tertiary/aromatic N) is 2. The van der Waals surface area contributed by atoms with Crippen molar-refractivity contribution in [3.05, 3.63) is 60.0 Å². The van der Waals surface area contributed by atoms with E-state index in [1.54, 1.807) is 11.3 Å². The van der Waals surface area contributed by atoms with Crippen LogP contribution in [0.15, 0.2) is 48.7 Å². The fourth-order valence-electron chi connectivity index (χ4n) is 2.47. The Bertz CT molecular complexity index is 791. The molecule has 0 atom stereocenters. The number of carbonyl (C=O) groups excluding carboxylic acids is 1. The van der Waals surface area contributed by atoms with Crippen molar-refractivity contribution in [1.82, 2.24) is 9.38 Å². The molecule has 0 fully saturated rings. The summed E-state index contributed by atoms with van der Waals surface area (Å²) < 4.78 is 6.92. The van der Waals surface area contributed by atoms with Crippen LogP contribution < -0.4 is 0 Å². The van der Waals surface area contributed by atoms with Crippen molar-refractivity contribution in [2.24, 2.45) is 0 Å². The number of esters is 1. The molecule has 0 N–H and O–H groups in total. The van der Waals surface area contributed by atoms with Crippen LogP contribution in [0, 0.1) is 6.92 Å². The van der Waals surface area contributed by atoms with Crippen molar-refractivity contribution in [3.63, 3.8) is 0 Å². The van der Waals surface area contributed by atoms with Crippen LogP contribution in [-0.4, -0.2) is 22.0 Å². The summed E-state index contributed by atoms with van der Waals surface area (Å²) >= 11 is 0. The van der Waals surface area contributed by atoms with E-state index in [1.807, 2.05) is 55.6 Å². The minimum absolute atomic E-state index is 0.340. The van der Waals surface area contributed by atoms with Crippen molar-refractivity contribution in [2.45, 2.75) is 13.8 Å². The van der Waals surface area contributed by atoms with Gasteiger partial charge in [0.2, 0.25) is 0 Å². The molecule has 2 heterocycles. The number of benzene rings is 1. The second-order valence-corrected chi connectivity index (χ2v) is 4.75. The molecule has 0 aliphatic heterocycles. The van der Waals surface area contributed by atoms with Crippen LogP contribution in [-0.2, 0) is 4.74 Å². The lowest BCUT2D eigenvalue weighted by Gasteiger charge is -2.05. The van der Waals surface area contributed by atoms with Gasteiger partial charge in [-0.1, -0.05) is 30.3 Å². The SMILES string of the molecule is CCOC(=O)c1c(C)nc2c(-c3ccccc3)cccn12. The van der Waals surface area contributed by atoms with E-state index in [-0.39, 0.29) is 5.97 Å². The van der Waals surface area contributed by atoms with Crippen LogP contribution in [0.3, 0.4) is 0 Å². The van der Waals surface area contributed by atoms with E-state index in [0.29, 0.717) is 18.0 Å². The van der Waals surface area contributed by atoms with Gasteiger partial charge < -0.3 is 4.74 Å². The lowest BCUT2D eigenvalue weighted by molar-refractivity contribution is 0.0517. The summed E-state index contributed by atoms with van der Waals surface area (Å²) in [6, 6.07) is 13.9. The number of pyridine rings is 1. The van der Waals surface area contributed by atoms with Gasteiger partial charge in [0.1, 0.15) is 5.65 Å². The first-order valence-corrected chi connectivity index (χ1v) is 6.92. The fourth-order valence-corrected chi connectivity index (χ4v) is 2.47. The molecule has 0 aliphatic carbocycles. The lowest BCUT2D eigenvalue weighted by atomic mass is 10.1. The summed E-state index contributed by atoms with van der Waals surface area (Å²) in [4.78, 5) is 16.7. The highest BCUT2D eigenvalue weighted by Gasteiger charge is 2.19. The first-order chi connectivity index (χ1) is 10.2. The highest BCUT2D eigenvalue weighted by atomic mass is 16.5. The molecule has 21 heavy (non-hydrogen) atoms. The standard InChI is InChI=1S/C17H16N2O2/c1-3-21-17(20)15-12(2)18-16-14(10-7-11-19(15)16)13-8-5-4-6-9-13/h4-11H,3H2,1-2H3. The summed E-state index contributed by atoms with van der Waals surface area (Å²) in [5, 5.41) is 0.